The molecule has 2 aromatic rings. The smallest absolute Gasteiger partial charge is 0.0747 e. The highest BCUT2D eigenvalue weighted by atomic mass is 16.5. The van der Waals surface area contributed by atoms with E-state index in [4.69, 9.17) is 9.47 Å². The topological polar surface area (TPSA) is 30.5 Å². The van der Waals surface area contributed by atoms with Crippen LogP contribution in [0.2, 0.25) is 0 Å². The Bertz CT molecular complexity index is 511. The highest BCUT2D eigenvalue weighted by Crippen LogP contribution is 2.20. The first-order valence-electron chi connectivity index (χ1n) is 7.24. The van der Waals surface area contributed by atoms with E-state index in [2.05, 4.69) is 48.6 Å². The van der Waals surface area contributed by atoms with E-state index in [1.807, 2.05) is 18.2 Å². The first-order chi connectivity index (χ1) is 10.3. The van der Waals surface area contributed by atoms with E-state index in [1.165, 1.54) is 11.1 Å². The van der Waals surface area contributed by atoms with Crippen LogP contribution < -0.4 is 5.32 Å². The van der Waals surface area contributed by atoms with Crippen molar-refractivity contribution in [3.05, 3.63) is 65.7 Å². The maximum absolute atomic E-state index is 5.70. The molecule has 0 heterocycles. The third kappa shape index (κ3) is 5.21. The second-order valence-electron chi connectivity index (χ2n) is 5.04. The van der Waals surface area contributed by atoms with Gasteiger partial charge in [0.15, 0.2) is 0 Å². The minimum atomic E-state index is 0.130. The Morgan fingerprint density at radius 1 is 0.952 bits per heavy atom. The molecule has 0 saturated heterocycles. The summed E-state index contributed by atoms with van der Waals surface area (Å²) >= 11 is 0. The van der Waals surface area contributed by atoms with Crippen LogP contribution >= 0.6 is 0 Å². The zero-order valence-electron chi connectivity index (χ0n) is 12.7. The van der Waals surface area contributed by atoms with E-state index < -0.39 is 0 Å². The molecule has 0 spiro atoms. The van der Waals surface area contributed by atoms with E-state index in [-0.39, 0.29) is 6.04 Å². The van der Waals surface area contributed by atoms with Crippen LogP contribution in [-0.4, -0.2) is 26.9 Å². The maximum atomic E-state index is 5.70. The summed E-state index contributed by atoms with van der Waals surface area (Å²) in [5.41, 5.74) is 3.58. The summed E-state index contributed by atoms with van der Waals surface area (Å²) in [5, 5.41) is 3.53. The molecule has 0 aliphatic carbocycles. The molecular weight excluding hydrogens is 262 g/mol. The van der Waals surface area contributed by atoms with Crippen LogP contribution in [0.15, 0.2) is 54.6 Å². The van der Waals surface area contributed by atoms with Crippen LogP contribution in [-0.2, 0) is 9.47 Å². The zero-order valence-corrected chi connectivity index (χ0v) is 12.7. The number of methoxy groups -OCH3 is 1. The highest BCUT2D eigenvalue weighted by Gasteiger charge is 2.11. The van der Waals surface area contributed by atoms with Gasteiger partial charge in [-0.1, -0.05) is 48.0 Å². The number of aryl methyl sites for hydroxylation is 1. The van der Waals surface area contributed by atoms with Gasteiger partial charge in [0.25, 0.3) is 0 Å². The van der Waals surface area contributed by atoms with Gasteiger partial charge in [-0.15, -0.1) is 0 Å². The first kappa shape index (κ1) is 15.5. The van der Waals surface area contributed by atoms with E-state index in [9.17, 15) is 0 Å². The van der Waals surface area contributed by atoms with E-state index in [0.29, 0.717) is 19.8 Å². The van der Waals surface area contributed by atoms with Crippen molar-refractivity contribution < 1.29 is 9.47 Å². The second kappa shape index (κ2) is 8.45. The molecule has 1 atom stereocenters. The van der Waals surface area contributed by atoms with Gasteiger partial charge in [-0.3, -0.25) is 0 Å². The molecule has 112 valence electrons. The molecule has 0 fully saturated rings. The van der Waals surface area contributed by atoms with Crippen LogP contribution in [0.5, 0.6) is 0 Å². The lowest BCUT2D eigenvalue weighted by molar-refractivity contribution is 0.0658. The third-order valence-corrected chi connectivity index (χ3v) is 3.31. The van der Waals surface area contributed by atoms with Gasteiger partial charge in [0, 0.05) is 12.8 Å². The molecule has 0 amide bonds. The first-order valence-corrected chi connectivity index (χ1v) is 7.24. The lowest BCUT2D eigenvalue weighted by Crippen LogP contribution is -2.18. The number of rotatable bonds is 8. The van der Waals surface area contributed by atoms with Crippen molar-refractivity contribution in [1.82, 2.24) is 0 Å². The summed E-state index contributed by atoms with van der Waals surface area (Å²) in [6.45, 7) is 3.93. The quantitative estimate of drug-likeness (QED) is 0.748. The molecule has 0 bridgehead atoms. The summed E-state index contributed by atoms with van der Waals surface area (Å²) in [7, 11) is 1.68. The molecule has 1 N–H and O–H groups in total. The number of benzene rings is 2. The lowest BCUT2D eigenvalue weighted by Gasteiger charge is -2.20. The molecule has 0 saturated carbocycles. The van der Waals surface area contributed by atoms with Gasteiger partial charge < -0.3 is 14.8 Å². The lowest BCUT2D eigenvalue weighted by atomic mass is 10.1. The Hall–Kier alpha value is -1.84. The predicted octanol–water partition coefficient (Wildman–Crippen LogP) is 3.81. The fourth-order valence-electron chi connectivity index (χ4n) is 2.10. The van der Waals surface area contributed by atoms with Crippen LogP contribution in [0.4, 0.5) is 5.69 Å². The Labute approximate surface area is 126 Å². The largest absolute Gasteiger partial charge is 0.382 e. The fraction of sp³-hybridized carbons (Fsp3) is 0.333. The standard InChI is InChI=1S/C18H23NO2/c1-15-8-10-17(11-9-15)19-18(14-21-13-12-20-2)16-6-4-3-5-7-16/h3-11,18-19H,12-14H2,1-2H3. The van der Waals surface area contributed by atoms with Crippen LogP contribution in [0.25, 0.3) is 0 Å². The number of hydrogen-bond donors (Lipinski definition) is 1. The number of anilines is 1. The summed E-state index contributed by atoms with van der Waals surface area (Å²) in [5.74, 6) is 0. The maximum Gasteiger partial charge on any atom is 0.0747 e. The number of nitrogens with one attached hydrogen (secondary N) is 1. The van der Waals surface area contributed by atoms with Crippen molar-refractivity contribution in [3.8, 4) is 0 Å². The summed E-state index contributed by atoms with van der Waals surface area (Å²) in [6, 6.07) is 18.9. The molecule has 0 aliphatic rings. The summed E-state index contributed by atoms with van der Waals surface area (Å²) in [4.78, 5) is 0. The van der Waals surface area contributed by atoms with E-state index in [0.717, 1.165) is 5.69 Å². The van der Waals surface area contributed by atoms with Gasteiger partial charge in [-0.25, -0.2) is 0 Å². The van der Waals surface area contributed by atoms with Crippen molar-refractivity contribution in [1.29, 1.82) is 0 Å². The molecule has 2 rings (SSSR count). The Morgan fingerprint density at radius 3 is 2.33 bits per heavy atom. The Kier molecular flexibility index (Phi) is 6.25. The van der Waals surface area contributed by atoms with Gasteiger partial charge in [0.1, 0.15) is 0 Å². The molecule has 0 radical (unpaired) electrons. The minimum Gasteiger partial charge on any atom is -0.382 e. The predicted molar refractivity (Wildman–Crippen MR) is 86.7 cm³/mol. The van der Waals surface area contributed by atoms with Crippen LogP contribution in [0, 0.1) is 6.92 Å². The third-order valence-electron chi connectivity index (χ3n) is 3.31. The normalized spacial score (nSPS) is 12.1. The minimum absolute atomic E-state index is 0.130. The molecule has 1 unspecified atom stereocenters. The average molecular weight is 285 g/mol. The van der Waals surface area contributed by atoms with Crippen molar-refractivity contribution in [2.45, 2.75) is 13.0 Å². The zero-order chi connectivity index (χ0) is 14.9. The highest BCUT2D eigenvalue weighted by molar-refractivity contribution is 5.46. The molecule has 21 heavy (non-hydrogen) atoms. The van der Waals surface area contributed by atoms with Gasteiger partial charge in [0.2, 0.25) is 0 Å². The van der Waals surface area contributed by atoms with E-state index >= 15 is 0 Å². The van der Waals surface area contributed by atoms with Gasteiger partial charge in [-0.05, 0) is 24.6 Å². The van der Waals surface area contributed by atoms with E-state index in [1.54, 1.807) is 7.11 Å². The Morgan fingerprint density at radius 2 is 1.67 bits per heavy atom. The van der Waals surface area contributed by atoms with Gasteiger partial charge in [0.05, 0.1) is 25.9 Å². The molecule has 0 aromatic heterocycles. The van der Waals surface area contributed by atoms with Crippen molar-refractivity contribution in [2.24, 2.45) is 0 Å². The Balaban J connectivity index is 2.02. The molecule has 3 heteroatoms. The molecule has 3 nitrogen and oxygen atoms in total. The van der Waals surface area contributed by atoms with Crippen molar-refractivity contribution in [3.63, 3.8) is 0 Å². The van der Waals surface area contributed by atoms with Gasteiger partial charge >= 0.3 is 0 Å². The molecule has 2 aromatic carbocycles. The van der Waals surface area contributed by atoms with Crippen LogP contribution in [0.3, 0.4) is 0 Å². The second-order valence-corrected chi connectivity index (χ2v) is 5.04. The van der Waals surface area contributed by atoms with Gasteiger partial charge in [-0.2, -0.15) is 0 Å². The number of hydrogen-bond acceptors (Lipinski definition) is 3. The van der Waals surface area contributed by atoms with Crippen molar-refractivity contribution in [2.75, 3.05) is 32.2 Å². The van der Waals surface area contributed by atoms with Crippen LogP contribution in [0.1, 0.15) is 17.2 Å². The average Bonchev–Trinajstić information content (AvgIpc) is 2.53. The number of ether oxygens (including phenoxy) is 2. The summed E-state index contributed by atoms with van der Waals surface area (Å²) < 4.78 is 10.7. The molecular formula is C18H23NO2. The molecule has 0 aliphatic heterocycles. The fourth-order valence-corrected chi connectivity index (χ4v) is 2.10. The van der Waals surface area contributed by atoms with Crippen molar-refractivity contribution >= 4 is 5.69 Å². The summed E-state index contributed by atoms with van der Waals surface area (Å²) in [6.07, 6.45) is 0. The SMILES string of the molecule is COCCOCC(Nc1ccc(C)cc1)c1ccccc1. The monoisotopic (exact) mass is 285 g/mol.